The van der Waals surface area contributed by atoms with Crippen molar-refractivity contribution in [1.82, 2.24) is 14.9 Å². The van der Waals surface area contributed by atoms with E-state index in [9.17, 15) is 9.59 Å². The van der Waals surface area contributed by atoms with Gasteiger partial charge in [0.25, 0.3) is 5.56 Å². The quantitative estimate of drug-likeness (QED) is 0.428. The van der Waals surface area contributed by atoms with Crippen molar-refractivity contribution < 1.29 is 4.79 Å². The number of carbonyl (C=O) groups excluding carboxylic acids is 1. The third-order valence-corrected chi connectivity index (χ3v) is 5.70. The number of fused-ring (bicyclic) bond motifs is 1. The van der Waals surface area contributed by atoms with Crippen LogP contribution in [-0.4, -0.2) is 27.3 Å². The fourth-order valence-electron chi connectivity index (χ4n) is 3.23. The Kier molecular flexibility index (Phi) is 7.47. The maximum Gasteiger partial charge on any atom is 0.262 e. The van der Waals surface area contributed by atoms with Gasteiger partial charge < -0.3 is 5.32 Å². The molecule has 2 aromatic carbocycles. The van der Waals surface area contributed by atoms with Crippen LogP contribution in [0.2, 0.25) is 0 Å². The zero-order chi connectivity index (χ0) is 20.6. The second-order valence-corrected chi connectivity index (χ2v) is 8.09. The molecule has 5 nitrogen and oxygen atoms in total. The molecule has 152 valence electrons. The Bertz CT molecular complexity index is 1020. The van der Waals surface area contributed by atoms with E-state index >= 15 is 0 Å². The second kappa shape index (κ2) is 10.3. The first-order chi connectivity index (χ1) is 14.1. The van der Waals surface area contributed by atoms with Gasteiger partial charge in [-0.25, -0.2) is 4.98 Å². The van der Waals surface area contributed by atoms with Crippen molar-refractivity contribution in [1.29, 1.82) is 0 Å². The van der Waals surface area contributed by atoms with E-state index < -0.39 is 0 Å². The highest BCUT2D eigenvalue weighted by atomic mass is 32.2. The van der Waals surface area contributed by atoms with Crippen LogP contribution in [0.15, 0.2) is 64.5 Å². The van der Waals surface area contributed by atoms with E-state index in [0.29, 0.717) is 22.6 Å². The van der Waals surface area contributed by atoms with Gasteiger partial charge in [0.15, 0.2) is 5.16 Å². The molecule has 0 aliphatic carbocycles. The van der Waals surface area contributed by atoms with Crippen LogP contribution in [0.4, 0.5) is 0 Å². The molecule has 1 atom stereocenters. The van der Waals surface area contributed by atoms with Crippen LogP contribution in [0.5, 0.6) is 0 Å². The summed E-state index contributed by atoms with van der Waals surface area (Å²) in [5.74, 6) is 0.200. The van der Waals surface area contributed by atoms with Crippen LogP contribution in [0.3, 0.4) is 0 Å². The van der Waals surface area contributed by atoms with Crippen molar-refractivity contribution in [2.75, 3.05) is 5.75 Å². The number of aromatic nitrogens is 2. The number of benzene rings is 2. The average molecular weight is 410 g/mol. The van der Waals surface area contributed by atoms with Gasteiger partial charge in [-0.1, -0.05) is 61.2 Å². The van der Waals surface area contributed by atoms with Gasteiger partial charge >= 0.3 is 0 Å². The first-order valence-corrected chi connectivity index (χ1v) is 11.0. The van der Waals surface area contributed by atoms with Crippen LogP contribution in [0, 0.1) is 0 Å². The fourth-order valence-corrected chi connectivity index (χ4v) is 4.06. The van der Waals surface area contributed by atoms with Crippen LogP contribution < -0.4 is 10.9 Å². The minimum Gasteiger partial charge on any atom is -0.353 e. The van der Waals surface area contributed by atoms with E-state index in [0.717, 1.165) is 19.3 Å². The molecule has 0 bridgehead atoms. The normalized spacial score (nSPS) is 12.1. The number of hydrogen-bond donors (Lipinski definition) is 1. The van der Waals surface area contributed by atoms with Crippen LogP contribution in [0.1, 0.15) is 32.3 Å². The topological polar surface area (TPSA) is 64.0 Å². The van der Waals surface area contributed by atoms with Gasteiger partial charge in [0, 0.05) is 12.6 Å². The molecular formula is C23H27N3O2S. The summed E-state index contributed by atoms with van der Waals surface area (Å²) in [4.78, 5) is 29.8. The lowest BCUT2D eigenvalue weighted by Crippen LogP contribution is -2.34. The first-order valence-electron chi connectivity index (χ1n) is 10.0. The number of thioether (sulfide) groups is 1. The molecule has 0 spiro atoms. The third-order valence-electron chi connectivity index (χ3n) is 4.72. The van der Waals surface area contributed by atoms with E-state index in [2.05, 4.69) is 22.4 Å². The Hall–Kier alpha value is -2.60. The molecule has 1 heterocycles. The van der Waals surface area contributed by atoms with Crippen molar-refractivity contribution in [2.45, 2.75) is 50.9 Å². The average Bonchev–Trinajstić information content (AvgIpc) is 2.74. The summed E-state index contributed by atoms with van der Waals surface area (Å²) in [7, 11) is 0. The lowest BCUT2D eigenvalue weighted by molar-refractivity contribution is -0.119. The molecule has 3 aromatic rings. The Morgan fingerprint density at radius 3 is 2.62 bits per heavy atom. The van der Waals surface area contributed by atoms with E-state index in [1.54, 1.807) is 10.6 Å². The largest absolute Gasteiger partial charge is 0.353 e. The molecule has 0 radical (unpaired) electrons. The molecule has 1 amide bonds. The zero-order valence-electron chi connectivity index (χ0n) is 16.9. The van der Waals surface area contributed by atoms with Gasteiger partial charge in [-0.2, -0.15) is 0 Å². The summed E-state index contributed by atoms with van der Waals surface area (Å²) in [6, 6.07) is 17.7. The minimum atomic E-state index is -0.0448. The summed E-state index contributed by atoms with van der Waals surface area (Å²) in [6.07, 6.45) is 2.64. The maximum atomic E-state index is 12.8. The van der Waals surface area contributed by atoms with Crippen molar-refractivity contribution in [3.8, 4) is 0 Å². The monoisotopic (exact) mass is 409 g/mol. The third kappa shape index (κ3) is 5.70. The van der Waals surface area contributed by atoms with Crippen molar-refractivity contribution >= 4 is 28.6 Å². The summed E-state index contributed by atoms with van der Waals surface area (Å²) in [5, 5.41) is 4.26. The summed E-state index contributed by atoms with van der Waals surface area (Å²) < 4.78 is 1.68. The van der Waals surface area contributed by atoms with Gasteiger partial charge in [-0.05, 0) is 43.9 Å². The van der Waals surface area contributed by atoms with Crippen molar-refractivity contribution in [2.24, 2.45) is 0 Å². The number of amides is 1. The zero-order valence-corrected chi connectivity index (χ0v) is 17.7. The molecule has 1 N–H and O–H groups in total. The second-order valence-electron chi connectivity index (χ2n) is 7.15. The summed E-state index contributed by atoms with van der Waals surface area (Å²) in [5.41, 5.74) is 1.90. The van der Waals surface area contributed by atoms with Crippen molar-refractivity contribution in [3.63, 3.8) is 0 Å². The number of rotatable bonds is 9. The van der Waals surface area contributed by atoms with Gasteiger partial charge in [-0.15, -0.1) is 0 Å². The Morgan fingerprint density at radius 1 is 1.14 bits per heavy atom. The molecule has 0 unspecified atom stereocenters. The number of aryl methyl sites for hydroxylation is 1. The molecule has 1 aromatic heterocycles. The summed E-state index contributed by atoms with van der Waals surface area (Å²) in [6.45, 7) is 4.64. The highest BCUT2D eigenvalue weighted by Gasteiger charge is 2.14. The van der Waals surface area contributed by atoms with Gasteiger partial charge in [0.1, 0.15) is 0 Å². The molecule has 29 heavy (non-hydrogen) atoms. The number of nitrogens with one attached hydrogen (secondary N) is 1. The standard InChI is InChI=1S/C23H27N3O2S/c1-3-15-26-22(28)19-11-7-8-12-20(19)25-23(26)29-16-21(27)24-17(2)13-14-18-9-5-4-6-10-18/h4-12,17H,3,13-16H2,1-2H3,(H,24,27)/t17-/m0/s1. The Morgan fingerprint density at radius 2 is 1.86 bits per heavy atom. The molecule has 3 rings (SSSR count). The predicted molar refractivity (Wildman–Crippen MR) is 119 cm³/mol. The summed E-state index contributed by atoms with van der Waals surface area (Å²) >= 11 is 1.32. The first kappa shape index (κ1) is 21.1. The van der Waals surface area contributed by atoms with Gasteiger partial charge in [-0.3, -0.25) is 14.2 Å². The molecule has 0 aliphatic rings. The molecular weight excluding hydrogens is 382 g/mol. The van der Waals surface area contributed by atoms with Crippen LogP contribution in [0.25, 0.3) is 10.9 Å². The molecule has 0 saturated heterocycles. The highest BCUT2D eigenvalue weighted by Crippen LogP contribution is 2.18. The molecule has 6 heteroatoms. The molecule has 0 aliphatic heterocycles. The maximum absolute atomic E-state index is 12.8. The van der Waals surface area contributed by atoms with E-state index in [-0.39, 0.29) is 23.3 Å². The number of hydrogen-bond acceptors (Lipinski definition) is 4. The fraction of sp³-hybridized carbons (Fsp3) is 0.348. The van der Waals surface area contributed by atoms with Crippen molar-refractivity contribution in [3.05, 3.63) is 70.5 Å². The lowest BCUT2D eigenvalue weighted by Gasteiger charge is -2.15. The van der Waals surface area contributed by atoms with Gasteiger partial charge in [0.2, 0.25) is 5.91 Å². The Labute approximate surface area is 175 Å². The highest BCUT2D eigenvalue weighted by molar-refractivity contribution is 7.99. The van der Waals surface area contributed by atoms with E-state index in [1.807, 2.05) is 50.2 Å². The SMILES string of the molecule is CCCn1c(SCC(=O)N[C@@H](C)CCc2ccccc2)nc2ccccc2c1=O. The number of nitrogens with zero attached hydrogens (tertiary/aromatic N) is 2. The van der Waals surface area contributed by atoms with E-state index in [4.69, 9.17) is 0 Å². The van der Waals surface area contributed by atoms with E-state index in [1.165, 1.54) is 17.3 Å². The lowest BCUT2D eigenvalue weighted by atomic mass is 10.1. The molecule has 0 fully saturated rings. The van der Waals surface area contributed by atoms with Crippen LogP contribution >= 0.6 is 11.8 Å². The number of para-hydroxylation sites is 1. The minimum absolute atomic E-state index is 0.0407. The Balaban J connectivity index is 1.61. The molecule has 0 saturated carbocycles. The van der Waals surface area contributed by atoms with Gasteiger partial charge in [0.05, 0.1) is 16.7 Å². The smallest absolute Gasteiger partial charge is 0.262 e. The number of carbonyl (C=O) groups is 1. The predicted octanol–water partition coefficient (Wildman–Crippen LogP) is 4.04. The van der Waals surface area contributed by atoms with Crippen LogP contribution in [-0.2, 0) is 17.8 Å².